The minimum Gasteiger partial charge on any atom is -0.493 e. The Bertz CT molecular complexity index is 918. The van der Waals surface area contributed by atoms with E-state index in [1.165, 1.54) is 12.8 Å². The molecule has 0 unspecified atom stereocenters. The van der Waals surface area contributed by atoms with E-state index in [1.807, 2.05) is 36.1 Å². The first-order valence-electron chi connectivity index (χ1n) is 11.6. The Labute approximate surface area is 189 Å². The number of ether oxygens (including phenoxy) is 2. The molecule has 32 heavy (non-hydrogen) atoms. The number of rotatable bonds is 7. The maximum absolute atomic E-state index is 13.9. The van der Waals surface area contributed by atoms with Crippen molar-refractivity contribution in [1.82, 2.24) is 9.80 Å². The summed E-state index contributed by atoms with van der Waals surface area (Å²) in [6.45, 7) is 2.79. The van der Waals surface area contributed by atoms with Crippen molar-refractivity contribution in [3.8, 4) is 11.5 Å². The first kappa shape index (κ1) is 22.2. The third-order valence-electron chi connectivity index (χ3n) is 6.43. The van der Waals surface area contributed by atoms with Gasteiger partial charge in [-0.3, -0.25) is 9.59 Å². The number of amides is 2. The molecule has 1 aromatic heterocycles. The zero-order chi connectivity index (χ0) is 22.5. The second kappa shape index (κ2) is 10.1. The van der Waals surface area contributed by atoms with E-state index in [1.54, 1.807) is 24.3 Å². The molecule has 2 heterocycles. The van der Waals surface area contributed by atoms with E-state index in [-0.39, 0.29) is 30.9 Å². The summed E-state index contributed by atoms with van der Waals surface area (Å²) >= 11 is 0. The van der Waals surface area contributed by atoms with E-state index in [0.717, 1.165) is 25.7 Å². The van der Waals surface area contributed by atoms with Crippen LogP contribution in [0.4, 0.5) is 0 Å². The number of hydrogen-bond donors (Lipinski definition) is 0. The SMILES string of the molecule is CCOc1ccc([C@H]2C(=O)N(C3CCCCCC3)CC(=O)N2Cc2ccco2)cc1OC. The number of furan rings is 1. The number of benzene rings is 1. The fourth-order valence-corrected chi connectivity index (χ4v) is 4.83. The molecule has 2 aliphatic rings. The predicted octanol–water partition coefficient (Wildman–Crippen LogP) is 4.32. The molecule has 0 radical (unpaired) electrons. The molecule has 1 aliphatic heterocycles. The van der Waals surface area contributed by atoms with Crippen molar-refractivity contribution in [1.29, 1.82) is 0 Å². The van der Waals surface area contributed by atoms with Crippen molar-refractivity contribution in [2.24, 2.45) is 0 Å². The maximum atomic E-state index is 13.9. The molecule has 7 heteroatoms. The number of piperazine rings is 1. The van der Waals surface area contributed by atoms with Crippen LogP contribution in [0.15, 0.2) is 41.0 Å². The van der Waals surface area contributed by atoms with E-state index in [4.69, 9.17) is 13.9 Å². The smallest absolute Gasteiger partial charge is 0.250 e. The van der Waals surface area contributed by atoms with Gasteiger partial charge in [-0.1, -0.05) is 31.7 Å². The molecule has 1 atom stereocenters. The van der Waals surface area contributed by atoms with Gasteiger partial charge in [-0.2, -0.15) is 0 Å². The third kappa shape index (κ3) is 4.61. The number of methoxy groups -OCH3 is 1. The van der Waals surface area contributed by atoms with Crippen LogP contribution in [-0.2, 0) is 16.1 Å². The summed E-state index contributed by atoms with van der Waals surface area (Å²) in [5.41, 5.74) is 0.716. The average Bonchev–Trinajstić information content (AvgIpc) is 3.16. The van der Waals surface area contributed by atoms with Crippen LogP contribution >= 0.6 is 0 Å². The Hall–Kier alpha value is -2.96. The molecule has 2 amide bonds. The highest BCUT2D eigenvalue weighted by atomic mass is 16.5. The van der Waals surface area contributed by atoms with E-state index in [9.17, 15) is 9.59 Å². The van der Waals surface area contributed by atoms with Crippen molar-refractivity contribution in [3.63, 3.8) is 0 Å². The van der Waals surface area contributed by atoms with Crippen molar-refractivity contribution in [2.45, 2.75) is 64.1 Å². The second-order valence-electron chi connectivity index (χ2n) is 8.46. The number of nitrogens with zero attached hydrogens (tertiary/aromatic N) is 2. The van der Waals surface area contributed by atoms with Crippen LogP contribution in [0.1, 0.15) is 62.8 Å². The number of carbonyl (C=O) groups is 2. The maximum Gasteiger partial charge on any atom is 0.250 e. The standard InChI is InChI=1S/C25H32N2O5/c1-3-31-21-13-12-18(15-22(21)30-2)24-25(29)26(19-9-6-4-5-7-10-19)17-23(28)27(24)16-20-11-8-14-32-20/h8,11-15,19,24H,3-7,9-10,16-17H2,1-2H3/t24-/m0/s1. The van der Waals surface area contributed by atoms with Gasteiger partial charge in [0.15, 0.2) is 11.5 Å². The van der Waals surface area contributed by atoms with Gasteiger partial charge in [0.2, 0.25) is 5.91 Å². The summed E-state index contributed by atoms with van der Waals surface area (Å²) in [7, 11) is 1.58. The summed E-state index contributed by atoms with van der Waals surface area (Å²) in [4.78, 5) is 30.7. The zero-order valence-corrected chi connectivity index (χ0v) is 18.9. The molecule has 4 rings (SSSR count). The molecule has 2 aromatic rings. The van der Waals surface area contributed by atoms with Gasteiger partial charge in [0, 0.05) is 6.04 Å². The number of hydrogen-bond acceptors (Lipinski definition) is 5. The minimum absolute atomic E-state index is 0.0331. The Morgan fingerprint density at radius 1 is 1.06 bits per heavy atom. The lowest BCUT2D eigenvalue weighted by Crippen LogP contribution is -2.57. The molecule has 1 aromatic carbocycles. The molecule has 7 nitrogen and oxygen atoms in total. The van der Waals surface area contributed by atoms with E-state index < -0.39 is 6.04 Å². The fourth-order valence-electron chi connectivity index (χ4n) is 4.83. The molecular weight excluding hydrogens is 408 g/mol. The molecule has 1 saturated heterocycles. The predicted molar refractivity (Wildman–Crippen MR) is 119 cm³/mol. The normalized spacial score (nSPS) is 20.4. The summed E-state index contributed by atoms with van der Waals surface area (Å²) in [6, 6.07) is 8.48. The van der Waals surface area contributed by atoms with Gasteiger partial charge in [0.1, 0.15) is 18.3 Å². The Kier molecular flexibility index (Phi) is 7.02. The van der Waals surface area contributed by atoms with Crippen molar-refractivity contribution < 1.29 is 23.5 Å². The lowest BCUT2D eigenvalue weighted by molar-refractivity contribution is -0.159. The second-order valence-corrected chi connectivity index (χ2v) is 8.46. The van der Waals surface area contributed by atoms with Crippen molar-refractivity contribution >= 4 is 11.8 Å². The highest BCUT2D eigenvalue weighted by Crippen LogP contribution is 2.37. The molecule has 1 aliphatic carbocycles. The van der Waals surface area contributed by atoms with Gasteiger partial charge >= 0.3 is 0 Å². The summed E-state index contributed by atoms with van der Waals surface area (Å²) in [5.74, 6) is 1.72. The molecule has 0 bridgehead atoms. The molecular formula is C25H32N2O5. The largest absolute Gasteiger partial charge is 0.493 e. The quantitative estimate of drug-likeness (QED) is 0.600. The Morgan fingerprint density at radius 3 is 2.50 bits per heavy atom. The van der Waals surface area contributed by atoms with Crippen LogP contribution < -0.4 is 9.47 Å². The third-order valence-corrected chi connectivity index (χ3v) is 6.43. The summed E-state index contributed by atoms with van der Waals surface area (Å²) in [6.07, 6.45) is 8.07. The van der Waals surface area contributed by atoms with Crippen molar-refractivity contribution in [3.05, 3.63) is 47.9 Å². The monoisotopic (exact) mass is 440 g/mol. The lowest BCUT2D eigenvalue weighted by atomic mass is 9.97. The van der Waals surface area contributed by atoms with Crippen LogP contribution in [0.2, 0.25) is 0 Å². The number of carbonyl (C=O) groups excluding carboxylic acids is 2. The first-order chi connectivity index (χ1) is 15.6. The summed E-state index contributed by atoms with van der Waals surface area (Å²) < 4.78 is 16.7. The fraction of sp³-hybridized carbons (Fsp3) is 0.520. The zero-order valence-electron chi connectivity index (χ0n) is 18.9. The van der Waals surface area contributed by atoms with E-state index in [0.29, 0.717) is 29.4 Å². The molecule has 1 saturated carbocycles. The molecule has 0 N–H and O–H groups in total. The first-order valence-corrected chi connectivity index (χ1v) is 11.6. The van der Waals surface area contributed by atoms with Crippen LogP contribution in [0.25, 0.3) is 0 Å². The lowest BCUT2D eigenvalue weighted by Gasteiger charge is -2.43. The van der Waals surface area contributed by atoms with Gasteiger partial charge in [0.05, 0.1) is 26.5 Å². The van der Waals surface area contributed by atoms with Gasteiger partial charge in [-0.15, -0.1) is 0 Å². The van der Waals surface area contributed by atoms with E-state index >= 15 is 0 Å². The van der Waals surface area contributed by atoms with Gasteiger partial charge in [0.25, 0.3) is 5.91 Å². The van der Waals surface area contributed by atoms with Crippen molar-refractivity contribution in [2.75, 3.05) is 20.3 Å². The topological polar surface area (TPSA) is 72.2 Å². The van der Waals surface area contributed by atoms with Crippen LogP contribution in [-0.4, -0.2) is 47.9 Å². The average molecular weight is 441 g/mol. The summed E-state index contributed by atoms with van der Waals surface area (Å²) in [5, 5.41) is 0. The van der Waals surface area contributed by atoms with Crippen LogP contribution in [0, 0.1) is 0 Å². The van der Waals surface area contributed by atoms with Gasteiger partial charge in [-0.05, 0) is 49.6 Å². The van der Waals surface area contributed by atoms with E-state index in [2.05, 4.69) is 0 Å². The van der Waals surface area contributed by atoms with Gasteiger partial charge < -0.3 is 23.7 Å². The van der Waals surface area contributed by atoms with Crippen LogP contribution in [0.5, 0.6) is 11.5 Å². The molecule has 172 valence electrons. The minimum atomic E-state index is -0.728. The highest BCUT2D eigenvalue weighted by molar-refractivity contribution is 5.95. The molecule has 0 spiro atoms. The Morgan fingerprint density at radius 2 is 1.84 bits per heavy atom. The van der Waals surface area contributed by atoms with Crippen LogP contribution in [0.3, 0.4) is 0 Å². The Balaban J connectivity index is 1.70. The highest BCUT2D eigenvalue weighted by Gasteiger charge is 2.43. The molecule has 2 fully saturated rings. The van der Waals surface area contributed by atoms with Gasteiger partial charge in [-0.25, -0.2) is 0 Å².